The second-order valence-corrected chi connectivity index (χ2v) is 8.83. The van der Waals surface area contributed by atoms with Gasteiger partial charge in [-0.1, -0.05) is 61.2 Å². The third-order valence-electron chi connectivity index (χ3n) is 6.30. The number of aromatic nitrogens is 2. The molecule has 0 saturated carbocycles. The Balaban J connectivity index is 1.67. The SMILES string of the molecule is C=CCOc1cccc(C2c3c(-c4cc(C)cc(C)c4O)n[nH]c3C(=O)N2Cc2ccccc2)c1. The quantitative estimate of drug-likeness (QED) is 0.343. The number of benzene rings is 3. The Kier molecular flexibility index (Phi) is 5.87. The van der Waals surface area contributed by atoms with Gasteiger partial charge in [0.1, 0.15) is 29.5 Å². The van der Waals surface area contributed by atoms with E-state index in [0.29, 0.717) is 35.9 Å². The molecule has 176 valence electrons. The molecule has 3 aromatic carbocycles. The maximum Gasteiger partial charge on any atom is 0.273 e. The van der Waals surface area contributed by atoms with Gasteiger partial charge in [0, 0.05) is 17.7 Å². The van der Waals surface area contributed by atoms with Gasteiger partial charge >= 0.3 is 0 Å². The molecule has 6 nitrogen and oxygen atoms in total. The number of fused-ring (bicyclic) bond motifs is 1. The van der Waals surface area contributed by atoms with E-state index in [0.717, 1.165) is 27.8 Å². The fourth-order valence-electron chi connectivity index (χ4n) is 4.76. The van der Waals surface area contributed by atoms with Gasteiger partial charge in [-0.3, -0.25) is 9.89 Å². The van der Waals surface area contributed by atoms with Gasteiger partial charge < -0.3 is 14.7 Å². The summed E-state index contributed by atoms with van der Waals surface area (Å²) in [6.45, 7) is 8.39. The summed E-state index contributed by atoms with van der Waals surface area (Å²) in [4.78, 5) is 15.5. The summed E-state index contributed by atoms with van der Waals surface area (Å²) in [7, 11) is 0. The maximum absolute atomic E-state index is 13.7. The number of aromatic amines is 1. The summed E-state index contributed by atoms with van der Waals surface area (Å²) in [5.74, 6) is 0.733. The number of aryl methyl sites for hydroxylation is 2. The second-order valence-electron chi connectivity index (χ2n) is 8.83. The van der Waals surface area contributed by atoms with Gasteiger partial charge in [-0.25, -0.2) is 0 Å². The Labute approximate surface area is 204 Å². The van der Waals surface area contributed by atoms with Gasteiger partial charge in [-0.2, -0.15) is 5.10 Å². The molecule has 2 heterocycles. The molecule has 1 aliphatic rings. The molecular weight excluding hydrogens is 438 g/mol. The van der Waals surface area contributed by atoms with Crippen LogP contribution in [0.25, 0.3) is 11.3 Å². The van der Waals surface area contributed by atoms with Gasteiger partial charge in [0.15, 0.2) is 0 Å². The Morgan fingerprint density at radius 3 is 2.69 bits per heavy atom. The zero-order valence-electron chi connectivity index (χ0n) is 19.8. The number of hydrogen-bond donors (Lipinski definition) is 2. The fraction of sp³-hybridized carbons (Fsp3) is 0.172. The van der Waals surface area contributed by atoms with E-state index in [-0.39, 0.29) is 11.7 Å². The first-order valence-electron chi connectivity index (χ1n) is 11.5. The van der Waals surface area contributed by atoms with E-state index in [2.05, 4.69) is 16.8 Å². The van der Waals surface area contributed by atoms with Crippen molar-refractivity contribution >= 4 is 5.91 Å². The number of nitrogens with one attached hydrogen (secondary N) is 1. The molecule has 6 heteroatoms. The van der Waals surface area contributed by atoms with Crippen LogP contribution in [0.1, 0.15) is 44.3 Å². The van der Waals surface area contributed by atoms with Crippen LogP contribution in [0.2, 0.25) is 0 Å². The van der Waals surface area contributed by atoms with Crippen molar-refractivity contribution in [3.63, 3.8) is 0 Å². The molecule has 0 fully saturated rings. The van der Waals surface area contributed by atoms with Crippen molar-refractivity contribution in [3.8, 4) is 22.8 Å². The number of aromatic hydroxyl groups is 1. The molecule has 0 spiro atoms. The highest BCUT2D eigenvalue weighted by molar-refractivity contribution is 6.00. The lowest BCUT2D eigenvalue weighted by atomic mass is 9.94. The number of carbonyl (C=O) groups excluding carboxylic acids is 1. The number of amides is 1. The van der Waals surface area contributed by atoms with E-state index in [9.17, 15) is 9.90 Å². The molecular formula is C29H27N3O3. The Morgan fingerprint density at radius 1 is 1.11 bits per heavy atom. The highest BCUT2D eigenvalue weighted by atomic mass is 16.5. The van der Waals surface area contributed by atoms with Crippen molar-refractivity contribution in [2.24, 2.45) is 0 Å². The van der Waals surface area contributed by atoms with E-state index in [1.165, 1.54) is 0 Å². The lowest BCUT2D eigenvalue weighted by molar-refractivity contribution is 0.0730. The average Bonchev–Trinajstić information content (AvgIpc) is 3.40. The summed E-state index contributed by atoms with van der Waals surface area (Å²) in [6.07, 6.45) is 1.70. The highest BCUT2D eigenvalue weighted by Gasteiger charge is 2.42. The first-order valence-corrected chi connectivity index (χ1v) is 11.5. The van der Waals surface area contributed by atoms with Crippen LogP contribution in [0.3, 0.4) is 0 Å². The van der Waals surface area contributed by atoms with E-state index in [1.54, 1.807) is 6.08 Å². The summed E-state index contributed by atoms with van der Waals surface area (Å²) in [5, 5.41) is 18.4. The number of hydrogen-bond acceptors (Lipinski definition) is 4. The second kappa shape index (κ2) is 9.14. The van der Waals surface area contributed by atoms with Gasteiger partial charge in [0.2, 0.25) is 0 Å². The smallest absolute Gasteiger partial charge is 0.273 e. The number of phenolic OH excluding ortho intramolecular Hbond substituents is 1. The fourth-order valence-corrected chi connectivity index (χ4v) is 4.76. The number of carbonyl (C=O) groups is 1. The lowest BCUT2D eigenvalue weighted by Gasteiger charge is -2.27. The van der Waals surface area contributed by atoms with Crippen LogP contribution in [0, 0.1) is 13.8 Å². The molecule has 4 aromatic rings. The van der Waals surface area contributed by atoms with Gasteiger partial charge in [-0.15, -0.1) is 0 Å². The number of ether oxygens (including phenoxy) is 1. The largest absolute Gasteiger partial charge is 0.507 e. The monoisotopic (exact) mass is 465 g/mol. The Morgan fingerprint density at radius 2 is 1.91 bits per heavy atom. The highest BCUT2D eigenvalue weighted by Crippen LogP contribution is 2.46. The van der Waals surface area contributed by atoms with Crippen LogP contribution in [-0.4, -0.2) is 32.7 Å². The minimum atomic E-state index is -0.404. The third kappa shape index (κ3) is 4.08. The van der Waals surface area contributed by atoms with Crippen molar-refractivity contribution in [2.75, 3.05) is 6.61 Å². The molecule has 0 bridgehead atoms. The minimum absolute atomic E-state index is 0.131. The number of phenols is 1. The Hall–Kier alpha value is -4.32. The van der Waals surface area contributed by atoms with E-state index in [4.69, 9.17) is 4.74 Å². The molecule has 0 aliphatic carbocycles. The first-order chi connectivity index (χ1) is 17.0. The topological polar surface area (TPSA) is 78.5 Å². The summed E-state index contributed by atoms with van der Waals surface area (Å²) < 4.78 is 5.79. The van der Waals surface area contributed by atoms with Crippen LogP contribution in [0.5, 0.6) is 11.5 Å². The van der Waals surface area contributed by atoms with E-state index < -0.39 is 6.04 Å². The van der Waals surface area contributed by atoms with Gasteiger partial charge in [-0.05, 0) is 54.3 Å². The molecule has 1 atom stereocenters. The standard InChI is InChI=1S/C29H27N3O3/c1-4-13-35-22-12-8-11-21(16-22)27-24-25(23-15-18(2)14-19(3)28(23)33)30-31-26(24)29(34)32(27)17-20-9-6-5-7-10-20/h4-12,14-16,27,33H,1,13,17H2,2-3H3,(H,30,31). The van der Waals surface area contributed by atoms with E-state index >= 15 is 0 Å². The van der Waals surface area contributed by atoms with Crippen LogP contribution in [0.4, 0.5) is 0 Å². The first kappa shape index (κ1) is 22.5. The summed E-state index contributed by atoms with van der Waals surface area (Å²) in [5.41, 5.74) is 6.09. The molecule has 0 saturated heterocycles. The normalized spacial score (nSPS) is 14.7. The molecule has 1 aromatic heterocycles. The van der Waals surface area contributed by atoms with Gasteiger partial charge in [0.05, 0.1) is 6.04 Å². The third-order valence-corrected chi connectivity index (χ3v) is 6.30. The van der Waals surface area contributed by atoms with Crippen LogP contribution in [0.15, 0.2) is 79.4 Å². The minimum Gasteiger partial charge on any atom is -0.507 e. The molecule has 1 aliphatic heterocycles. The van der Waals surface area contributed by atoms with Crippen molar-refractivity contribution in [1.82, 2.24) is 15.1 Å². The molecule has 1 amide bonds. The molecule has 35 heavy (non-hydrogen) atoms. The molecule has 2 N–H and O–H groups in total. The molecule has 5 rings (SSSR count). The van der Waals surface area contributed by atoms with Crippen LogP contribution < -0.4 is 4.74 Å². The predicted octanol–water partition coefficient (Wildman–Crippen LogP) is 5.71. The zero-order valence-corrected chi connectivity index (χ0v) is 19.8. The lowest BCUT2D eigenvalue weighted by Crippen LogP contribution is -2.29. The van der Waals surface area contributed by atoms with E-state index in [1.807, 2.05) is 85.5 Å². The zero-order chi connectivity index (χ0) is 24.5. The van der Waals surface area contributed by atoms with Crippen molar-refractivity contribution in [2.45, 2.75) is 26.4 Å². The maximum atomic E-state index is 13.7. The Bertz CT molecular complexity index is 1410. The molecule has 1 unspecified atom stereocenters. The summed E-state index contributed by atoms with van der Waals surface area (Å²) in [6, 6.07) is 21.1. The van der Waals surface area contributed by atoms with Crippen molar-refractivity contribution < 1.29 is 14.6 Å². The van der Waals surface area contributed by atoms with Crippen molar-refractivity contribution in [3.05, 3.63) is 113 Å². The van der Waals surface area contributed by atoms with Crippen LogP contribution in [-0.2, 0) is 6.54 Å². The van der Waals surface area contributed by atoms with Crippen LogP contribution >= 0.6 is 0 Å². The predicted molar refractivity (Wildman–Crippen MR) is 135 cm³/mol. The average molecular weight is 466 g/mol. The number of rotatable bonds is 7. The molecule has 0 radical (unpaired) electrons. The summed E-state index contributed by atoms with van der Waals surface area (Å²) >= 11 is 0. The van der Waals surface area contributed by atoms with Gasteiger partial charge in [0.25, 0.3) is 5.91 Å². The number of nitrogens with zero attached hydrogens (tertiary/aromatic N) is 2. The number of H-pyrrole nitrogens is 1. The van der Waals surface area contributed by atoms with Crippen molar-refractivity contribution in [1.29, 1.82) is 0 Å².